The zero-order valence-corrected chi connectivity index (χ0v) is 13.1. The summed E-state index contributed by atoms with van der Waals surface area (Å²) in [7, 11) is 0. The highest BCUT2D eigenvalue weighted by atomic mass is 35.5. The molecule has 20 heavy (non-hydrogen) atoms. The molecule has 0 bridgehead atoms. The maximum absolute atomic E-state index is 6.21. The second-order valence-electron chi connectivity index (χ2n) is 5.80. The fraction of sp³-hybridized carbons (Fsp3) is 0.538. The summed E-state index contributed by atoms with van der Waals surface area (Å²) in [6, 6.07) is -0.0463. The second-order valence-corrected chi connectivity index (χ2v) is 6.16. The van der Waals surface area contributed by atoms with Crippen LogP contribution in [-0.4, -0.2) is 25.1 Å². The Kier molecular flexibility index (Phi) is 3.94. The molecule has 108 valence electrons. The minimum atomic E-state index is -0.163. The van der Waals surface area contributed by atoms with E-state index in [4.69, 9.17) is 11.6 Å². The van der Waals surface area contributed by atoms with E-state index >= 15 is 0 Å². The molecule has 0 saturated heterocycles. The van der Waals surface area contributed by atoms with Crippen LogP contribution >= 0.6 is 11.6 Å². The Morgan fingerprint density at radius 1 is 1.30 bits per heavy atom. The molecule has 0 aliphatic heterocycles. The SMILES string of the molecule is Cc1c(Cl)nc(C(C)(C)C)nc1NC(C)c1ncn[nH]1. The van der Waals surface area contributed by atoms with Gasteiger partial charge in [0.2, 0.25) is 0 Å². The van der Waals surface area contributed by atoms with E-state index in [1.54, 1.807) is 0 Å². The monoisotopic (exact) mass is 294 g/mol. The molecule has 7 heteroatoms. The first-order valence-electron chi connectivity index (χ1n) is 6.45. The molecule has 0 saturated carbocycles. The predicted octanol–water partition coefficient (Wildman–Crippen LogP) is 3.03. The Balaban J connectivity index is 2.34. The predicted molar refractivity (Wildman–Crippen MR) is 78.9 cm³/mol. The van der Waals surface area contributed by atoms with E-state index in [0.29, 0.717) is 11.0 Å². The van der Waals surface area contributed by atoms with Gasteiger partial charge in [-0.2, -0.15) is 5.10 Å². The summed E-state index contributed by atoms with van der Waals surface area (Å²) < 4.78 is 0. The highest BCUT2D eigenvalue weighted by molar-refractivity contribution is 6.30. The number of hydrogen-bond donors (Lipinski definition) is 2. The number of rotatable bonds is 3. The van der Waals surface area contributed by atoms with Crippen molar-refractivity contribution in [1.29, 1.82) is 0 Å². The largest absolute Gasteiger partial charge is 0.360 e. The molecule has 1 atom stereocenters. The van der Waals surface area contributed by atoms with E-state index in [9.17, 15) is 0 Å². The van der Waals surface area contributed by atoms with Gasteiger partial charge in [0, 0.05) is 11.0 Å². The van der Waals surface area contributed by atoms with Crippen LogP contribution in [0.2, 0.25) is 5.15 Å². The Morgan fingerprint density at radius 3 is 2.55 bits per heavy atom. The third kappa shape index (κ3) is 3.07. The number of aromatic nitrogens is 5. The van der Waals surface area contributed by atoms with Gasteiger partial charge >= 0.3 is 0 Å². The number of H-pyrrole nitrogens is 1. The average molecular weight is 295 g/mol. The molecule has 0 aliphatic rings. The quantitative estimate of drug-likeness (QED) is 0.851. The first-order chi connectivity index (χ1) is 9.29. The van der Waals surface area contributed by atoms with Gasteiger partial charge in [-0.1, -0.05) is 32.4 Å². The van der Waals surface area contributed by atoms with E-state index in [0.717, 1.165) is 17.2 Å². The molecule has 2 aromatic heterocycles. The average Bonchev–Trinajstić information content (AvgIpc) is 2.87. The van der Waals surface area contributed by atoms with Crippen molar-refractivity contribution in [2.45, 2.75) is 46.1 Å². The van der Waals surface area contributed by atoms with Crippen molar-refractivity contribution in [2.75, 3.05) is 5.32 Å². The fourth-order valence-corrected chi connectivity index (χ4v) is 1.83. The van der Waals surface area contributed by atoms with Gasteiger partial charge < -0.3 is 5.32 Å². The van der Waals surface area contributed by atoms with Crippen LogP contribution in [0.5, 0.6) is 0 Å². The maximum Gasteiger partial charge on any atom is 0.146 e. The van der Waals surface area contributed by atoms with Crippen LogP contribution in [0.3, 0.4) is 0 Å². The summed E-state index contributed by atoms with van der Waals surface area (Å²) in [5.41, 5.74) is 0.662. The lowest BCUT2D eigenvalue weighted by molar-refractivity contribution is 0.544. The molecular formula is C13H19ClN6. The zero-order valence-electron chi connectivity index (χ0n) is 12.3. The molecule has 6 nitrogen and oxygen atoms in total. The van der Waals surface area contributed by atoms with Gasteiger partial charge in [-0.05, 0) is 13.8 Å². The minimum absolute atomic E-state index is 0.0463. The van der Waals surface area contributed by atoms with E-state index < -0.39 is 0 Å². The number of hydrogen-bond acceptors (Lipinski definition) is 5. The van der Waals surface area contributed by atoms with Crippen LogP contribution < -0.4 is 5.32 Å². The molecular weight excluding hydrogens is 276 g/mol. The normalized spacial score (nSPS) is 13.3. The number of halogens is 1. The zero-order chi connectivity index (χ0) is 14.9. The highest BCUT2D eigenvalue weighted by Crippen LogP contribution is 2.27. The fourth-order valence-electron chi connectivity index (χ4n) is 1.66. The van der Waals surface area contributed by atoms with Crippen molar-refractivity contribution in [3.05, 3.63) is 28.7 Å². The third-order valence-electron chi connectivity index (χ3n) is 2.95. The standard InChI is InChI=1S/C13H19ClN6/c1-7-9(14)18-12(13(3,4)5)19-10(7)17-8(2)11-15-6-16-20-11/h6,8H,1-5H3,(H,15,16,20)(H,17,18,19). The van der Waals surface area contributed by atoms with Crippen molar-refractivity contribution in [3.8, 4) is 0 Å². The van der Waals surface area contributed by atoms with Gasteiger partial charge in [-0.15, -0.1) is 0 Å². The summed E-state index contributed by atoms with van der Waals surface area (Å²) in [4.78, 5) is 13.1. The lowest BCUT2D eigenvalue weighted by Gasteiger charge is -2.20. The van der Waals surface area contributed by atoms with Crippen LogP contribution in [0.25, 0.3) is 0 Å². The summed E-state index contributed by atoms with van der Waals surface area (Å²) in [6.45, 7) is 10.0. The van der Waals surface area contributed by atoms with Crippen molar-refractivity contribution in [1.82, 2.24) is 25.1 Å². The first-order valence-corrected chi connectivity index (χ1v) is 6.83. The lowest BCUT2D eigenvalue weighted by Crippen LogP contribution is -2.19. The van der Waals surface area contributed by atoms with Crippen LogP contribution in [-0.2, 0) is 5.41 Å². The van der Waals surface area contributed by atoms with Gasteiger partial charge in [0.1, 0.15) is 28.9 Å². The van der Waals surface area contributed by atoms with Crippen LogP contribution in [0.4, 0.5) is 5.82 Å². The first kappa shape index (κ1) is 14.7. The van der Waals surface area contributed by atoms with Crippen molar-refractivity contribution in [3.63, 3.8) is 0 Å². The summed E-state index contributed by atoms with van der Waals surface area (Å²) >= 11 is 6.21. The van der Waals surface area contributed by atoms with Crippen molar-refractivity contribution in [2.24, 2.45) is 0 Å². The van der Waals surface area contributed by atoms with Crippen molar-refractivity contribution >= 4 is 17.4 Å². The van der Waals surface area contributed by atoms with Crippen LogP contribution in [0.15, 0.2) is 6.33 Å². The van der Waals surface area contributed by atoms with E-state index in [-0.39, 0.29) is 11.5 Å². The lowest BCUT2D eigenvalue weighted by atomic mass is 9.95. The molecule has 2 heterocycles. The summed E-state index contributed by atoms with van der Waals surface area (Å²) in [6.07, 6.45) is 1.48. The van der Waals surface area contributed by atoms with E-state index in [1.165, 1.54) is 6.33 Å². The van der Waals surface area contributed by atoms with Crippen molar-refractivity contribution < 1.29 is 0 Å². The Morgan fingerprint density at radius 2 is 2.00 bits per heavy atom. The molecule has 1 unspecified atom stereocenters. The van der Waals surface area contributed by atoms with E-state index in [1.807, 2.05) is 13.8 Å². The summed E-state index contributed by atoms with van der Waals surface area (Å²) in [5, 5.41) is 10.4. The molecule has 0 radical (unpaired) electrons. The minimum Gasteiger partial charge on any atom is -0.360 e. The molecule has 0 amide bonds. The van der Waals surface area contributed by atoms with Gasteiger partial charge in [0.25, 0.3) is 0 Å². The van der Waals surface area contributed by atoms with Crippen LogP contribution in [0.1, 0.15) is 50.9 Å². The van der Waals surface area contributed by atoms with Gasteiger partial charge in [-0.3, -0.25) is 5.10 Å². The number of nitrogens with one attached hydrogen (secondary N) is 2. The molecule has 0 aliphatic carbocycles. The Labute approximate surface area is 123 Å². The Bertz CT molecular complexity index is 588. The molecule has 0 aromatic carbocycles. The highest BCUT2D eigenvalue weighted by Gasteiger charge is 2.21. The maximum atomic E-state index is 6.21. The number of anilines is 1. The molecule has 2 rings (SSSR count). The summed E-state index contributed by atoms with van der Waals surface area (Å²) in [5.74, 6) is 2.18. The topological polar surface area (TPSA) is 79.4 Å². The third-order valence-corrected chi connectivity index (χ3v) is 3.32. The molecule has 2 N–H and O–H groups in total. The molecule has 0 spiro atoms. The molecule has 0 fully saturated rings. The molecule has 2 aromatic rings. The Hall–Kier alpha value is -1.69. The van der Waals surface area contributed by atoms with Gasteiger partial charge in [0.15, 0.2) is 0 Å². The number of aromatic amines is 1. The smallest absolute Gasteiger partial charge is 0.146 e. The number of nitrogens with zero attached hydrogens (tertiary/aromatic N) is 4. The van der Waals surface area contributed by atoms with Crippen LogP contribution in [0, 0.1) is 6.92 Å². The van der Waals surface area contributed by atoms with Gasteiger partial charge in [0.05, 0.1) is 6.04 Å². The van der Waals surface area contributed by atoms with Gasteiger partial charge in [-0.25, -0.2) is 15.0 Å². The van der Waals surface area contributed by atoms with E-state index in [2.05, 4.69) is 51.2 Å². The second kappa shape index (κ2) is 5.36.